The third-order valence-electron chi connectivity index (χ3n) is 3.09. The number of hydrogen-bond acceptors (Lipinski definition) is 3. The lowest BCUT2D eigenvalue weighted by atomic mass is 9.88. The molecule has 1 aliphatic heterocycles. The van der Waals surface area contributed by atoms with Crippen LogP contribution in [0, 0.1) is 11.8 Å². The van der Waals surface area contributed by atoms with Crippen LogP contribution < -0.4 is 0 Å². The highest BCUT2D eigenvalue weighted by atomic mass is 16.6. The van der Waals surface area contributed by atoms with Gasteiger partial charge in [-0.3, -0.25) is 4.79 Å². The lowest BCUT2D eigenvalue weighted by Gasteiger charge is -2.21. The lowest BCUT2D eigenvalue weighted by molar-refractivity contribution is -0.147. The van der Waals surface area contributed by atoms with Gasteiger partial charge in [0.05, 0.1) is 12.0 Å². The highest BCUT2D eigenvalue weighted by Gasteiger charge is 2.43. The Morgan fingerprint density at radius 1 is 1.67 bits per heavy atom. The van der Waals surface area contributed by atoms with Crippen LogP contribution in [-0.4, -0.2) is 23.3 Å². The summed E-state index contributed by atoms with van der Waals surface area (Å²) in [5.74, 6) is -0.450. The van der Waals surface area contributed by atoms with Gasteiger partial charge in [-0.15, -0.1) is 6.58 Å². The zero-order valence-corrected chi connectivity index (χ0v) is 9.48. The zero-order chi connectivity index (χ0) is 11.4. The minimum Gasteiger partial charge on any atom is -0.459 e. The SMILES string of the molecule is C=C[C@H]1[C@@H]([C@@H](O)CCCC)OC(=O)[C@H]1C. The van der Waals surface area contributed by atoms with E-state index in [0.29, 0.717) is 6.42 Å². The summed E-state index contributed by atoms with van der Waals surface area (Å²) >= 11 is 0. The van der Waals surface area contributed by atoms with E-state index in [4.69, 9.17) is 4.74 Å². The van der Waals surface area contributed by atoms with Crippen LogP contribution in [0.1, 0.15) is 33.1 Å². The van der Waals surface area contributed by atoms with Crippen LogP contribution in [0.2, 0.25) is 0 Å². The van der Waals surface area contributed by atoms with Gasteiger partial charge in [0, 0.05) is 5.92 Å². The second kappa shape index (κ2) is 5.31. The number of carbonyl (C=O) groups excluding carboxylic acids is 1. The molecule has 0 aliphatic carbocycles. The van der Waals surface area contributed by atoms with Crippen LogP contribution in [0.15, 0.2) is 12.7 Å². The first-order chi connectivity index (χ1) is 7.11. The van der Waals surface area contributed by atoms with Gasteiger partial charge in [0.2, 0.25) is 0 Å². The number of aliphatic hydroxyl groups is 1. The second-order valence-electron chi connectivity index (χ2n) is 4.21. The van der Waals surface area contributed by atoms with Crippen LogP contribution in [0.25, 0.3) is 0 Å². The van der Waals surface area contributed by atoms with Crippen molar-refractivity contribution in [1.82, 2.24) is 0 Å². The summed E-state index contributed by atoms with van der Waals surface area (Å²) in [6, 6.07) is 0. The minimum absolute atomic E-state index is 0.0515. The largest absolute Gasteiger partial charge is 0.459 e. The topological polar surface area (TPSA) is 46.5 Å². The maximum absolute atomic E-state index is 11.4. The highest BCUT2D eigenvalue weighted by molar-refractivity contribution is 5.75. The Kier molecular flexibility index (Phi) is 4.33. The van der Waals surface area contributed by atoms with E-state index >= 15 is 0 Å². The molecule has 0 aromatic carbocycles. The van der Waals surface area contributed by atoms with Crippen molar-refractivity contribution in [2.24, 2.45) is 11.8 Å². The lowest BCUT2D eigenvalue weighted by Crippen LogP contribution is -2.31. The molecular formula is C12H20O3. The molecule has 0 bridgehead atoms. The highest BCUT2D eigenvalue weighted by Crippen LogP contribution is 2.32. The third-order valence-corrected chi connectivity index (χ3v) is 3.09. The molecule has 3 nitrogen and oxygen atoms in total. The summed E-state index contributed by atoms with van der Waals surface area (Å²) in [6.45, 7) is 7.59. The quantitative estimate of drug-likeness (QED) is 0.559. The third kappa shape index (κ3) is 2.59. The van der Waals surface area contributed by atoms with Gasteiger partial charge in [0.25, 0.3) is 0 Å². The molecule has 0 spiro atoms. The standard InChI is InChI=1S/C12H20O3/c1-4-6-7-10(13)11-9(5-2)8(3)12(14)15-11/h5,8-11,13H,2,4,6-7H2,1,3H3/t8-,9+,10-,11-/m0/s1. The fraction of sp³-hybridized carbons (Fsp3) is 0.750. The van der Waals surface area contributed by atoms with Gasteiger partial charge in [-0.1, -0.05) is 32.8 Å². The molecule has 0 amide bonds. The molecule has 1 heterocycles. The molecule has 0 unspecified atom stereocenters. The second-order valence-corrected chi connectivity index (χ2v) is 4.21. The average molecular weight is 212 g/mol. The molecule has 0 aromatic rings. The van der Waals surface area contributed by atoms with Crippen LogP contribution >= 0.6 is 0 Å². The zero-order valence-electron chi connectivity index (χ0n) is 9.48. The Morgan fingerprint density at radius 2 is 2.33 bits per heavy atom. The predicted molar refractivity (Wildman–Crippen MR) is 58.3 cm³/mol. The number of cyclic esters (lactones) is 1. The van der Waals surface area contributed by atoms with Gasteiger partial charge in [0.1, 0.15) is 6.10 Å². The summed E-state index contributed by atoms with van der Waals surface area (Å²) in [5, 5.41) is 9.89. The number of rotatable bonds is 5. The molecule has 1 rings (SSSR count). The number of unbranched alkanes of at least 4 members (excludes halogenated alkanes) is 1. The molecule has 0 saturated carbocycles. The molecule has 0 radical (unpaired) electrons. The number of aliphatic hydroxyl groups excluding tert-OH is 1. The predicted octanol–water partition coefficient (Wildman–Crippen LogP) is 1.90. The average Bonchev–Trinajstić information content (AvgIpc) is 2.52. The van der Waals surface area contributed by atoms with E-state index in [1.165, 1.54) is 0 Å². The molecule has 86 valence electrons. The van der Waals surface area contributed by atoms with E-state index in [9.17, 15) is 9.90 Å². The Balaban J connectivity index is 2.60. The van der Waals surface area contributed by atoms with E-state index in [-0.39, 0.29) is 17.8 Å². The first kappa shape index (κ1) is 12.2. The molecule has 1 N–H and O–H groups in total. The van der Waals surface area contributed by atoms with E-state index < -0.39 is 12.2 Å². The molecule has 1 fully saturated rings. The smallest absolute Gasteiger partial charge is 0.309 e. The summed E-state index contributed by atoms with van der Waals surface area (Å²) in [5.41, 5.74) is 0. The fourth-order valence-electron chi connectivity index (χ4n) is 2.01. The minimum atomic E-state index is -0.554. The molecule has 4 atom stereocenters. The van der Waals surface area contributed by atoms with Crippen LogP contribution in [0.4, 0.5) is 0 Å². The summed E-state index contributed by atoms with van der Waals surface area (Å²) in [4.78, 5) is 11.4. The Morgan fingerprint density at radius 3 is 2.87 bits per heavy atom. The van der Waals surface area contributed by atoms with E-state index in [1.807, 2.05) is 6.92 Å². The fourth-order valence-corrected chi connectivity index (χ4v) is 2.01. The first-order valence-electron chi connectivity index (χ1n) is 5.63. The maximum Gasteiger partial charge on any atom is 0.309 e. The van der Waals surface area contributed by atoms with Crippen molar-refractivity contribution < 1.29 is 14.6 Å². The van der Waals surface area contributed by atoms with Crippen molar-refractivity contribution in [1.29, 1.82) is 0 Å². The summed E-state index contributed by atoms with van der Waals surface area (Å²) in [6.07, 6.45) is 3.44. The Labute approximate surface area is 91.1 Å². The molecule has 3 heteroatoms. The van der Waals surface area contributed by atoms with Crippen molar-refractivity contribution in [2.75, 3.05) is 0 Å². The number of hydrogen-bond donors (Lipinski definition) is 1. The van der Waals surface area contributed by atoms with Crippen molar-refractivity contribution in [2.45, 2.75) is 45.3 Å². The van der Waals surface area contributed by atoms with Crippen molar-refractivity contribution in [3.05, 3.63) is 12.7 Å². The molecule has 1 aliphatic rings. The molecule has 1 saturated heterocycles. The number of esters is 1. The van der Waals surface area contributed by atoms with Gasteiger partial charge < -0.3 is 9.84 Å². The molecule has 15 heavy (non-hydrogen) atoms. The van der Waals surface area contributed by atoms with Crippen molar-refractivity contribution in [3.63, 3.8) is 0 Å². The first-order valence-corrected chi connectivity index (χ1v) is 5.63. The van der Waals surface area contributed by atoms with Gasteiger partial charge in [0.15, 0.2) is 0 Å². The van der Waals surface area contributed by atoms with E-state index in [1.54, 1.807) is 6.08 Å². The van der Waals surface area contributed by atoms with Gasteiger partial charge in [-0.05, 0) is 6.42 Å². The van der Waals surface area contributed by atoms with Gasteiger partial charge in [-0.25, -0.2) is 0 Å². The monoisotopic (exact) mass is 212 g/mol. The summed E-state index contributed by atoms with van der Waals surface area (Å²) < 4.78 is 5.18. The normalized spacial score (nSPS) is 32.5. The maximum atomic E-state index is 11.4. The van der Waals surface area contributed by atoms with Crippen LogP contribution in [-0.2, 0) is 9.53 Å². The van der Waals surface area contributed by atoms with Gasteiger partial charge in [-0.2, -0.15) is 0 Å². The molecular weight excluding hydrogens is 192 g/mol. The Hall–Kier alpha value is -0.830. The van der Waals surface area contributed by atoms with E-state index in [0.717, 1.165) is 12.8 Å². The van der Waals surface area contributed by atoms with Crippen LogP contribution in [0.3, 0.4) is 0 Å². The van der Waals surface area contributed by atoms with Crippen LogP contribution in [0.5, 0.6) is 0 Å². The number of ether oxygens (including phenoxy) is 1. The Bertz CT molecular complexity index is 237. The van der Waals surface area contributed by atoms with E-state index in [2.05, 4.69) is 13.5 Å². The number of carbonyl (C=O) groups is 1. The van der Waals surface area contributed by atoms with Crippen molar-refractivity contribution >= 4 is 5.97 Å². The summed E-state index contributed by atoms with van der Waals surface area (Å²) in [7, 11) is 0. The van der Waals surface area contributed by atoms with Gasteiger partial charge >= 0.3 is 5.97 Å². The van der Waals surface area contributed by atoms with Crippen molar-refractivity contribution in [3.8, 4) is 0 Å². The molecule has 0 aromatic heterocycles.